The maximum atomic E-state index is 12.8. The van der Waals surface area contributed by atoms with Crippen LogP contribution in [-0.2, 0) is 16.1 Å². The Kier molecular flexibility index (Phi) is 8.02. The summed E-state index contributed by atoms with van der Waals surface area (Å²) in [6.07, 6.45) is 0.764. The molecule has 2 atom stereocenters. The van der Waals surface area contributed by atoms with Crippen molar-refractivity contribution in [3.8, 4) is 16.9 Å². The van der Waals surface area contributed by atoms with Gasteiger partial charge < -0.3 is 19.3 Å². The van der Waals surface area contributed by atoms with E-state index in [4.69, 9.17) is 4.74 Å². The van der Waals surface area contributed by atoms with Gasteiger partial charge >= 0.3 is 5.97 Å². The van der Waals surface area contributed by atoms with Crippen LogP contribution in [-0.4, -0.2) is 56.9 Å². The summed E-state index contributed by atoms with van der Waals surface area (Å²) in [5, 5.41) is 10.0. The van der Waals surface area contributed by atoms with Crippen LogP contribution in [0.3, 0.4) is 0 Å². The van der Waals surface area contributed by atoms with E-state index in [0.717, 1.165) is 21.2 Å². The van der Waals surface area contributed by atoms with Crippen molar-refractivity contribution in [1.82, 2.24) is 4.90 Å². The Balaban J connectivity index is 1.51. The molecule has 188 valence electrons. The number of carbonyl (C=O) groups is 2. The Morgan fingerprint density at radius 1 is 0.972 bits per heavy atom. The Labute approximate surface area is 212 Å². The van der Waals surface area contributed by atoms with Crippen LogP contribution in [0, 0.1) is 5.92 Å². The van der Waals surface area contributed by atoms with Crippen LogP contribution in [0.5, 0.6) is 5.75 Å². The number of rotatable bonds is 8. The van der Waals surface area contributed by atoms with Gasteiger partial charge in [-0.15, -0.1) is 0 Å². The summed E-state index contributed by atoms with van der Waals surface area (Å²) in [6, 6.07) is 21.8. The summed E-state index contributed by atoms with van der Waals surface area (Å²) in [5.74, 6) is -1.05. The lowest BCUT2D eigenvalue weighted by Gasteiger charge is -2.40. The summed E-state index contributed by atoms with van der Waals surface area (Å²) >= 11 is -2.80. The number of carboxylic acids is 1. The number of anilines is 1. The van der Waals surface area contributed by atoms with Crippen molar-refractivity contribution in [3.63, 3.8) is 0 Å². The van der Waals surface area contributed by atoms with Crippen LogP contribution in [0.15, 0.2) is 78.9 Å². The Morgan fingerprint density at radius 2 is 1.53 bits per heavy atom. The summed E-state index contributed by atoms with van der Waals surface area (Å²) in [5.41, 5.74) is 2.63. The second kappa shape index (κ2) is 11.4. The van der Waals surface area contributed by atoms with Crippen molar-refractivity contribution in [3.05, 3.63) is 84.4 Å². The molecule has 4 rings (SSSR count). The standard InChI is InChI=1S/C27H28N2O6S/c1-35-24-13-9-20(10-14-24)19-7-11-23(12-8-19)29(36(33)34)25(27(31)32)21-15-17-28(18-16-21)26(30)22-5-3-2-4-6-22/h2-14,21,25H,15-18H2,1H3,(H,31,32)(H,33,34)/p-1. The van der Waals surface area contributed by atoms with Gasteiger partial charge in [0.15, 0.2) is 0 Å². The van der Waals surface area contributed by atoms with Gasteiger partial charge in [-0.25, -0.2) is 4.79 Å². The third-order valence-corrected chi connectivity index (χ3v) is 7.26. The topological polar surface area (TPSA) is 110 Å². The van der Waals surface area contributed by atoms with E-state index in [1.807, 2.05) is 30.3 Å². The Morgan fingerprint density at radius 3 is 2.03 bits per heavy atom. The minimum Gasteiger partial charge on any atom is -0.755 e. The third kappa shape index (κ3) is 5.58. The molecule has 1 saturated heterocycles. The van der Waals surface area contributed by atoms with Crippen LogP contribution in [0.2, 0.25) is 0 Å². The molecule has 1 N–H and O–H groups in total. The van der Waals surface area contributed by atoms with Crippen molar-refractivity contribution in [2.24, 2.45) is 5.92 Å². The molecule has 36 heavy (non-hydrogen) atoms. The molecule has 0 aliphatic carbocycles. The SMILES string of the molecule is COc1ccc(-c2ccc(N(C(C(=O)O)C3CCN(C(=O)c4ccccc4)CC3)S(=O)[O-])cc2)cc1. The van der Waals surface area contributed by atoms with Gasteiger partial charge in [0.1, 0.15) is 11.8 Å². The second-order valence-electron chi connectivity index (χ2n) is 8.60. The number of ether oxygens (including phenoxy) is 1. The zero-order valence-corrected chi connectivity index (χ0v) is 20.6. The molecule has 0 spiro atoms. The molecule has 9 heteroatoms. The third-order valence-electron chi connectivity index (χ3n) is 6.51. The molecular formula is C27H27N2O6S-. The van der Waals surface area contributed by atoms with Crippen LogP contribution in [0.1, 0.15) is 23.2 Å². The van der Waals surface area contributed by atoms with E-state index < -0.39 is 29.2 Å². The van der Waals surface area contributed by atoms with E-state index in [2.05, 4.69) is 0 Å². The number of nitrogens with zero attached hydrogens (tertiary/aromatic N) is 2. The number of hydrogen-bond donors (Lipinski definition) is 1. The predicted molar refractivity (Wildman–Crippen MR) is 136 cm³/mol. The van der Waals surface area contributed by atoms with Crippen molar-refractivity contribution in [2.45, 2.75) is 18.9 Å². The molecule has 1 aliphatic rings. The molecule has 0 radical (unpaired) electrons. The van der Waals surface area contributed by atoms with Crippen LogP contribution >= 0.6 is 0 Å². The van der Waals surface area contributed by atoms with E-state index in [1.54, 1.807) is 60.5 Å². The summed E-state index contributed by atoms with van der Waals surface area (Å²) in [6.45, 7) is 0.718. The number of carboxylic acid groups (broad SMARTS) is 1. The largest absolute Gasteiger partial charge is 0.755 e. The minimum absolute atomic E-state index is 0.112. The van der Waals surface area contributed by atoms with Crippen LogP contribution < -0.4 is 9.04 Å². The van der Waals surface area contributed by atoms with Gasteiger partial charge in [-0.05, 0) is 66.3 Å². The first-order valence-corrected chi connectivity index (χ1v) is 12.6. The molecule has 3 aromatic rings. The summed E-state index contributed by atoms with van der Waals surface area (Å²) < 4.78 is 30.6. The molecule has 1 heterocycles. The maximum absolute atomic E-state index is 12.8. The van der Waals surface area contributed by atoms with E-state index in [-0.39, 0.29) is 11.6 Å². The van der Waals surface area contributed by atoms with Gasteiger partial charge in [-0.1, -0.05) is 42.5 Å². The highest BCUT2D eigenvalue weighted by Crippen LogP contribution is 2.31. The van der Waals surface area contributed by atoms with Crippen LogP contribution in [0.4, 0.5) is 5.69 Å². The van der Waals surface area contributed by atoms with E-state index in [1.165, 1.54) is 0 Å². The number of piperidine rings is 1. The first kappa shape index (κ1) is 25.4. The molecule has 8 nitrogen and oxygen atoms in total. The first-order chi connectivity index (χ1) is 17.4. The molecule has 1 fully saturated rings. The maximum Gasteiger partial charge on any atom is 0.327 e. The fraction of sp³-hybridized carbons (Fsp3) is 0.259. The van der Waals surface area contributed by atoms with Gasteiger partial charge in [0.25, 0.3) is 5.91 Å². The smallest absolute Gasteiger partial charge is 0.327 e. The van der Waals surface area contributed by atoms with Crippen LogP contribution in [0.25, 0.3) is 11.1 Å². The molecule has 0 saturated carbocycles. The van der Waals surface area contributed by atoms with Crippen molar-refractivity contribution >= 4 is 28.8 Å². The summed E-state index contributed by atoms with van der Waals surface area (Å²) in [4.78, 5) is 26.7. The Hall–Kier alpha value is -3.69. The average molecular weight is 508 g/mol. The van der Waals surface area contributed by atoms with Crippen molar-refractivity contribution < 1.29 is 28.2 Å². The number of methoxy groups -OCH3 is 1. The molecule has 0 aromatic heterocycles. The van der Waals surface area contributed by atoms with Crippen molar-refractivity contribution in [2.75, 3.05) is 24.5 Å². The molecule has 2 unspecified atom stereocenters. The molecule has 1 amide bonds. The summed E-state index contributed by atoms with van der Waals surface area (Å²) in [7, 11) is 1.59. The first-order valence-electron chi connectivity index (χ1n) is 11.6. The number of amides is 1. The second-order valence-corrected chi connectivity index (χ2v) is 9.42. The van der Waals surface area contributed by atoms with Gasteiger partial charge in [-0.3, -0.25) is 13.3 Å². The fourth-order valence-corrected chi connectivity index (χ4v) is 5.34. The highest BCUT2D eigenvalue weighted by Gasteiger charge is 2.38. The fourth-order valence-electron chi connectivity index (χ4n) is 4.60. The van der Waals surface area contributed by atoms with E-state index in [9.17, 15) is 23.5 Å². The van der Waals surface area contributed by atoms with Gasteiger partial charge in [0, 0.05) is 35.6 Å². The van der Waals surface area contributed by atoms with E-state index >= 15 is 0 Å². The Bertz CT molecular complexity index is 1210. The number of likely N-dealkylation sites (tertiary alicyclic amines) is 1. The minimum atomic E-state index is -2.80. The lowest BCUT2D eigenvalue weighted by Crippen LogP contribution is -2.51. The number of carbonyl (C=O) groups excluding carboxylic acids is 1. The highest BCUT2D eigenvalue weighted by atomic mass is 32.2. The molecule has 1 aliphatic heterocycles. The zero-order valence-electron chi connectivity index (χ0n) is 19.8. The normalized spacial score (nSPS) is 15.7. The quantitative estimate of drug-likeness (QED) is 0.462. The van der Waals surface area contributed by atoms with Gasteiger partial charge in [0.05, 0.1) is 7.11 Å². The molecule has 0 bridgehead atoms. The van der Waals surface area contributed by atoms with Crippen molar-refractivity contribution in [1.29, 1.82) is 0 Å². The van der Waals surface area contributed by atoms with E-state index in [0.29, 0.717) is 31.5 Å². The molecular weight excluding hydrogens is 480 g/mol. The average Bonchev–Trinajstić information content (AvgIpc) is 2.91. The lowest BCUT2D eigenvalue weighted by molar-refractivity contribution is -0.140. The highest BCUT2D eigenvalue weighted by molar-refractivity contribution is 7.80. The van der Waals surface area contributed by atoms with Gasteiger partial charge in [0.2, 0.25) is 0 Å². The molecule has 3 aromatic carbocycles. The predicted octanol–water partition coefficient (Wildman–Crippen LogP) is 3.97. The monoisotopic (exact) mass is 507 g/mol. The number of aliphatic carboxylic acids is 1. The lowest BCUT2D eigenvalue weighted by atomic mass is 9.88. The zero-order chi connectivity index (χ0) is 25.7. The van der Waals surface area contributed by atoms with Gasteiger partial charge in [-0.2, -0.15) is 0 Å². The number of hydrogen-bond acceptors (Lipinski definition) is 5. The number of benzene rings is 3.